The van der Waals surface area contributed by atoms with Gasteiger partial charge in [0.05, 0.1) is 12.2 Å². The molecule has 0 bridgehead atoms. The summed E-state index contributed by atoms with van der Waals surface area (Å²) in [6, 6.07) is 9.21. The molecule has 1 atom stereocenters. The van der Waals surface area contributed by atoms with Crippen molar-refractivity contribution >= 4 is 17.8 Å². The molecule has 23 heavy (non-hydrogen) atoms. The van der Waals surface area contributed by atoms with E-state index in [0.717, 1.165) is 10.5 Å². The number of amides is 1. The summed E-state index contributed by atoms with van der Waals surface area (Å²) in [7, 11) is 0. The molecule has 6 heteroatoms. The Hall–Kier alpha value is -2.63. The Morgan fingerprint density at radius 1 is 1.30 bits per heavy atom. The fourth-order valence-electron chi connectivity index (χ4n) is 2.78. The van der Waals surface area contributed by atoms with Gasteiger partial charge in [0.25, 0.3) is 0 Å². The Kier molecular flexibility index (Phi) is 5.16. The SMILES string of the molecule is CCOC(=O)C1=C(C)N(CC(=O)O)C(=O)CC1c1ccccc1. The molecule has 1 aliphatic rings. The summed E-state index contributed by atoms with van der Waals surface area (Å²) in [5.74, 6) is -2.37. The van der Waals surface area contributed by atoms with E-state index in [1.165, 1.54) is 0 Å². The summed E-state index contributed by atoms with van der Waals surface area (Å²) < 4.78 is 5.11. The van der Waals surface area contributed by atoms with E-state index in [9.17, 15) is 14.4 Å². The van der Waals surface area contributed by atoms with Crippen LogP contribution >= 0.6 is 0 Å². The van der Waals surface area contributed by atoms with E-state index in [1.54, 1.807) is 13.8 Å². The number of allylic oxidation sites excluding steroid dienone is 1. The molecule has 0 spiro atoms. The molecule has 0 saturated carbocycles. The van der Waals surface area contributed by atoms with E-state index in [-0.39, 0.29) is 18.9 Å². The highest BCUT2D eigenvalue weighted by atomic mass is 16.5. The predicted octanol–water partition coefficient (Wildman–Crippen LogP) is 1.92. The summed E-state index contributed by atoms with van der Waals surface area (Å²) in [6.45, 7) is 3.04. The van der Waals surface area contributed by atoms with Gasteiger partial charge in [-0.3, -0.25) is 9.59 Å². The molecule has 1 N–H and O–H groups in total. The monoisotopic (exact) mass is 317 g/mol. The molecule has 1 unspecified atom stereocenters. The van der Waals surface area contributed by atoms with E-state index >= 15 is 0 Å². The van der Waals surface area contributed by atoms with Gasteiger partial charge >= 0.3 is 11.9 Å². The third-order valence-corrected chi connectivity index (χ3v) is 3.81. The van der Waals surface area contributed by atoms with Gasteiger partial charge in [0.15, 0.2) is 0 Å². The molecule has 0 fully saturated rings. The fourth-order valence-corrected chi connectivity index (χ4v) is 2.78. The smallest absolute Gasteiger partial charge is 0.336 e. The second-order valence-electron chi connectivity index (χ2n) is 5.26. The lowest BCUT2D eigenvalue weighted by molar-refractivity contribution is -0.145. The molecule has 0 aliphatic carbocycles. The van der Waals surface area contributed by atoms with Crippen molar-refractivity contribution in [3.8, 4) is 0 Å². The Balaban J connectivity index is 2.50. The summed E-state index contributed by atoms with van der Waals surface area (Å²) in [5, 5.41) is 8.98. The van der Waals surface area contributed by atoms with E-state index < -0.39 is 24.4 Å². The molecule has 0 saturated heterocycles. The Morgan fingerprint density at radius 2 is 1.96 bits per heavy atom. The summed E-state index contributed by atoms with van der Waals surface area (Å²) in [6.07, 6.45) is 0.0444. The summed E-state index contributed by atoms with van der Waals surface area (Å²) in [4.78, 5) is 36.8. The lowest BCUT2D eigenvalue weighted by Gasteiger charge is -2.33. The molecule has 1 aromatic rings. The molecule has 0 aromatic heterocycles. The highest BCUT2D eigenvalue weighted by molar-refractivity contribution is 5.96. The van der Waals surface area contributed by atoms with Crippen LogP contribution in [0.4, 0.5) is 0 Å². The lowest BCUT2D eigenvalue weighted by Crippen LogP contribution is -2.41. The first-order valence-electron chi connectivity index (χ1n) is 7.40. The van der Waals surface area contributed by atoms with E-state index in [4.69, 9.17) is 9.84 Å². The van der Waals surface area contributed by atoms with Gasteiger partial charge in [0.1, 0.15) is 6.54 Å². The van der Waals surface area contributed by atoms with Gasteiger partial charge in [-0.15, -0.1) is 0 Å². The second-order valence-corrected chi connectivity index (χ2v) is 5.26. The van der Waals surface area contributed by atoms with Crippen molar-refractivity contribution in [3.63, 3.8) is 0 Å². The molecular weight excluding hydrogens is 298 g/mol. The molecular formula is C17H19NO5. The fraction of sp³-hybridized carbons (Fsp3) is 0.353. The number of aliphatic carboxylic acids is 1. The maximum absolute atomic E-state index is 12.4. The highest BCUT2D eigenvalue weighted by Crippen LogP contribution is 2.36. The van der Waals surface area contributed by atoms with Crippen molar-refractivity contribution in [1.29, 1.82) is 0 Å². The highest BCUT2D eigenvalue weighted by Gasteiger charge is 2.37. The zero-order chi connectivity index (χ0) is 17.0. The Labute approximate surface area is 134 Å². The van der Waals surface area contributed by atoms with Gasteiger partial charge in [-0.05, 0) is 19.4 Å². The van der Waals surface area contributed by atoms with Crippen molar-refractivity contribution < 1.29 is 24.2 Å². The average molecular weight is 317 g/mol. The van der Waals surface area contributed by atoms with Crippen LogP contribution in [0, 0.1) is 0 Å². The van der Waals surface area contributed by atoms with Gasteiger partial charge in [0, 0.05) is 18.0 Å². The maximum atomic E-state index is 12.4. The van der Waals surface area contributed by atoms with E-state index in [1.807, 2.05) is 30.3 Å². The quantitative estimate of drug-likeness (QED) is 0.839. The molecule has 1 aromatic carbocycles. The maximum Gasteiger partial charge on any atom is 0.336 e. The number of ether oxygens (including phenoxy) is 1. The van der Waals surface area contributed by atoms with Gasteiger partial charge < -0.3 is 14.7 Å². The standard InChI is InChI=1S/C17H19NO5/c1-3-23-17(22)16-11(2)18(10-15(20)21)14(19)9-13(16)12-7-5-4-6-8-12/h4-8,13H,3,9-10H2,1-2H3,(H,20,21). The van der Waals surface area contributed by atoms with Crippen molar-refractivity contribution in [1.82, 2.24) is 4.90 Å². The van der Waals surface area contributed by atoms with Crippen molar-refractivity contribution in [2.75, 3.05) is 13.2 Å². The minimum Gasteiger partial charge on any atom is -0.480 e. The molecule has 6 nitrogen and oxygen atoms in total. The number of hydrogen-bond donors (Lipinski definition) is 1. The first-order chi connectivity index (χ1) is 11.0. The van der Waals surface area contributed by atoms with Crippen LogP contribution < -0.4 is 0 Å². The van der Waals surface area contributed by atoms with Crippen molar-refractivity contribution in [2.45, 2.75) is 26.2 Å². The van der Waals surface area contributed by atoms with Gasteiger partial charge in [-0.1, -0.05) is 30.3 Å². The number of rotatable bonds is 5. The first-order valence-corrected chi connectivity index (χ1v) is 7.40. The number of carboxylic acid groups (broad SMARTS) is 1. The normalized spacial score (nSPS) is 18.1. The minimum absolute atomic E-state index is 0.0444. The van der Waals surface area contributed by atoms with Crippen LogP contribution in [0.2, 0.25) is 0 Å². The van der Waals surface area contributed by atoms with Crippen LogP contribution in [0.1, 0.15) is 31.7 Å². The minimum atomic E-state index is -1.13. The van der Waals surface area contributed by atoms with Crippen LogP contribution in [0.15, 0.2) is 41.6 Å². The second kappa shape index (κ2) is 7.09. The average Bonchev–Trinajstić information content (AvgIpc) is 2.51. The Bertz CT molecular complexity index is 650. The van der Waals surface area contributed by atoms with Crippen molar-refractivity contribution in [2.24, 2.45) is 0 Å². The molecule has 1 amide bonds. The molecule has 1 aliphatic heterocycles. The number of esters is 1. The third-order valence-electron chi connectivity index (χ3n) is 3.81. The van der Waals surface area contributed by atoms with Crippen LogP contribution in [0.25, 0.3) is 0 Å². The zero-order valence-electron chi connectivity index (χ0n) is 13.1. The van der Waals surface area contributed by atoms with Crippen molar-refractivity contribution in [3.05, 3.63) is 47.2 Å². The molecule has 1 heterocycles. The molecule has 0 radical (unpaired) electrons. The molecule has 122 valence electrons. The van der Waals surface area contributed by atoms with Crippen LogP contribution in [0.3, 0.4) is 0 Å². The summed E-state index contributed by atoms with van der Waals surface area (Å²) >= 11 is 0. The van der Waals surface area contributed by atoms with Gasteiger partial charge in [0.2, 0.25) is 5.91 Å². The predicted molar refractivity (Wildman–Crippen MR) is 82.5 cm³/mol. The number of hydrogen-bond acceptors (Lipinski definition) is 4. The van der Waals surface area contributed by atoms with Crippen LogP contribution in [0.5, 0.6) is 0 Å². The topological polar surface area (TPSA) is 83.9 Å². The number of carbonyl (C=O) groups is 3. The van der Waals surface area contributed by atoms with Gasteiger partial charge in [-0.25, -0.2) is 4.79 Å². The van der Waals surface area contributed by atoms with E-state index in [0.29, 0.717) is 11.3 Å². The number of carboxylic acids is 1. The van der Waals surface area contributed by atoms with Crippen LogP contribution in [-0.2, 0) is 19.1 Å². The molecule has 2 rings (SSSR count). The van der Waals surface area contributed by atoms with Crippen LogP contribution in [-0.4, -0.2) is 41.0 Å². The lowest BCUT2D eigenvalue weighted by atomic mass is 9.83. The number of carbonyl (C=O) groups excluding carboxylic acids is 2. The van der Waals surface area contributed by atoms with E-state index in [2.05, 4.69) is 0 Å². The zero-order valence-corrected chi connectivity index (χ0v) is 13.1. The third kappa shape index (κ3) is 3.59. The largest absolute Gasteiger partial charge is 0.480 e. The summed E-state index contributed by atoms with van der Waals surface area (Å²) in [5.41, 5.74) is 1.52. The Morgan fingerprint density at radius 3 is 2.52 bits per heavy atom. The number of benzene rings is 1. The van der Waals surface area contributed by atoms with Gasteiger partial charge in [-0.2, -0.15) is 0 Å². The number of nitrogens with zero attached hydrogens (tertiary/aromatic N) is 1. The first kappa shape index (κ1) is 16.7.